The van der Waals surface area contributed by atoms with Crippen LogP contribution in [-0.4, -0.2) is 20.3 Å². The van der Waals surface area contributed by atoms with Gasteiger partial charge >= 0.3 is 0 Å². The monoisotopic (exact) mass is 249 g/mol. The van der Waals surface area contributed by atoms with Gasteiger partial charge in [-0.15, -0.1) is 0 Å². The fourth-order valence-electron chi connectivity index (χ4n) is 2.95. The number of hydrogen-bond donors (Lipinski definition) is 1. The number of rotatable bonds is 2. The molecule has 0 aliphatic carbocycles. The largest absolute Gasteiger partial charge is 0.496 e. The molecule has 1 saturated heterocycles. The molecule has 1 heterocycles. The van der Waals surface area contributed by atoms with Crippen molar-refractivity contribution in [2.45, 2.75) is 38.6 Å². The van der Waals surface area contributed by atoms with Crippen molar-refractivity contribution in [3.05, 3.63) is 28.8 Å². The number of aryl methyl sites for hydroxylation is 2. The standard InChI is InChI=1S/C15H23NO2/c1-11-9-12(2)14(13(10-11)17-3)15(16)5-4-7-18-8-6-15/h9-10H,4-8,16H2,1-3H3. The second-order valence-electron chi connectivity index (χ2n) is 5.28. The fourth-order valence-corrected chi connectivity index (χ4v) is 2.95. The Morgan fingerprint density at radius 2 is 2.00 bits per heavy atom. The lowest BCUT2D eigenvalue weighted by Crippen LogP contribution is -2.38. The quantitative estimate of drug-likeness (QED) is 0.876. The zero-order valence-corrected chi connectivity index (χ0v) is 11.6. The van der Waals surface area contributed by atoms with E-state index >= 15 is 0 Å². The molecule has 0 bridgehead atoms. The predicted molar refractivity (Wildman–Crippen MR) is 73.0 cm³/mol. The molecule has 1 aromatic rings. The summed E-state index contributed by atoms with van der Waals surface area (Å²) in [6.07, 6.45) is 2.81. The van der Waals surface area contributed by atoms with Crippen LogP contribution in [0.15, 0.2) is 12.1 Å². The van der Waals surface area contributed by atoms with E-state index in [0.29, 0.717) is 0 Å². The van der Waals surface area contributed by atoms with E-state index in [1.54, 1.807) is 7.11 Å². The van der Waals surface area contributed by atoms with Crippen LogP contribution in [0.25, 0.3) is 0 Å². The van der Waals surface area contributed by atoms with E-state index in [2.05, 4.69) is 26.0 Å². The molecule has 3 nitrogen and oxygen atoms in total. The van der Waals surface area contributed by atoms with Gasteiger partial charge in [-0.3, -0.25) is 0 Å². The van der Waals surface area contributed by atoms with Gasteiger partial charge in [0.15, 0.2) is 0 Å². The molecule has 1 aliphatic heterocycles. The van der Waals surface area contributed by atoms with E-state index in [1.165, 1.54) is 11.1 Å². The summed E-state index contributed by atoms with van der Waals surface area (Å²) in [6.45, 7) is 5.74. The van der Waals surface area contributed by atoms with E-state index in [1.807, 2.05) is 0 Å². The van der Waals surface area contributed by atoms with Crippen LogP contribution in [-0.2, 0) is 10.3 Å². The minimum absolute atomic E-state index is 0.320. The summed E-state index contributed by atoms with van der Waals surface area (Å²) < 4.78 is 11.1. The van der Waals surface area contributed by atoms with Gasteiger partial charge in [0.05, 0.1) is 7.11 Å². The maximum Gasteiger partial charge on any atom is 0.124 e. The topological polar surface area (TPSA) is 44.5 Å². The molecule has 1 unspecified atom stereocenters. The molecule has 1 atom stereocenters. The van der Waals surface area contributed by atoms with Crippen molar-refractivity contribution in [3.63, 3.8) is 0 Å². The number of benzene rings is 1. The lowest BCUT2D eigenvalue weighted by Gasteiger charge is -2.31. The summed E-state index contributed by atoms with van der Waals surface area (Å²) in [4.78, 5) is 0. The lowest BCUT2D eigenvalue weighted by molar-refractivity contribution is 0.139. The van der Waals surface area contributed by atoms with Gasteiger partial charge in [0.1, 0.15) is 5.75 Å². The summed E-state index contributed by atoms with van der Waals surface area (Å²) >= 11 is 0. The maximum atomic E-state index is 6.65. The Kier molecular flexibility index (Phi) is 3.93. The molecule has 2 rings (SSSR count). The third kappa shape index (κ3) is 2.52. The molecule has 0 radical (unpaired) electrons. The Bertz CT molecular complexity index is 421. The average molecular weight is 249 g/mol. The Morgan fingerprint density at radius 3 is 2.72 bits per heavy atom. The zero-order valence-electron chi connectivity index (χ0n) is 11.6. The minimum atomic E-state index is -0.320. The van der Waals surface area contributed by atoms with Crippen molar-refractivity contribution < 1.29 is 9.47 Å². The lowest BCUT2D eigenvalue weighted by atomic mass is 9.80. The normalized spacial score (nSPS) is 24.7. The molecule has 18 heavy (non-hydrogen) atoms. The van der Waals surface area contributed by atoms with Gasteiger partial charge in [-0.05, 0) is 50.3 Å². The highest BCUT2D eigenvalue weighted by Crippen LogP contribution is 2.38. The van der Waals surface area contributed by atoms with Crippen molar-refractivity contribution in [3.8, 4) is 5.75 Å². The van der Waals surface area contributed by atoms with Crippen LogP contribution < -0.4 is 10.5 Å². The van der Waals surface area contributed by atoms with Gasteiger partial charge in [0.25, 0.3) is 0 Å². The highest BCUT2D eigenvalue weighted by molar-refractivity contribution is 5.47. The maximum absolute atomic E-state index is 6.65. The van der Waals surface area contributed by atoms with Crippen LogP contribution in [0.5, 0.6) is 5.75 Å². The second-order valence-corrected chi connectivity index (χ2v) is 5.28. The second kappa shape index (κ2) is 5.29. The number of methoxy groups -OCH3 is 1. The van der Waals surface area contributed by atoms with Crippen LogP contribution in [0.4, 0.5) is 0 Å². The van der Waals surface area contributed by atoms with Crippen molar-refractivity contribution in [2.75, 3.05) is 20.3 Å². The first kappa shape index (κ1) is 13.4. The van der Waals surface area contributed by atoms with Gasteiger partial charge in [0, 0.05) is 24.3 Å². The Labute approximate surface area is 109 Å². The van der Waals surface area contributed by atoms with Crippen molar-refractivity contribution in [1.82, 2.24) is 0 Å². The Balaban J connectivity index is 2.47. The van der Waals surface area contributed by atoms with E-state index < -0.39 is 0 Å². The van der Waals surface area contributed by atoms with Gasteiger partial charge in [0.2, 0.25) is 0 Å². The smallest absolute Gasteiger partial charge is 0.124 e. The molecule has 0 spiro atoms. The van der Waals surface area contributed by atoms with Crippen molar-refractivity contribution >= 4 is 0 Å². The molecule has 0 saturated carbocycles. The van der Waals surface area contributed by atoms with E-state index in [0.717, 1.165) is 43.8 Å². The summed E-state index contributed by atoms with van der Waals surface area (Å²) in [6, 6.07) is 4.25. The fraction of sp³-hybridized carbons (Fsp3) is 0.600. The molecule has 0 aromatic heterocycles. The molecular weight excluding hydrogens is 226 g/mol. The van der Waals surface area contributed by atoms with Crippen LogP contribution in [0, 0.1) is 13.8 Å². The predicted octanol–water partition coefficient (Wildman–Crippen LogP) is 2.67. The zero-order chi connectivity index (χ0) is 13.2. The Hall–Kier alpha value is -1.06. The molecular formula is C15H23NO2. The highest BCUT2D eigenvalue weighted by atomic mass is 16.5. The van der Waals surface area contributed by atoms with Crippen molar-refractivity contribution in [1.29, 1.82) is 0 Å². The summed E-state index contributed by atoms with van der Waals surface area (Å²) in [5, 5.41) is 0. The molecule has 100 valence electrons. The summed E-state index contributed by atoms with van der Waals surface area (Å²) in [5.74, 6) is 0.914. The van der Waals surface area contributed by atoms with Crippen LogP contribution >= 0.6 is 0 Å². The third-order valence-corrected chi connectivity index (χ3v) is 3.77. The molecule has 1 aliphatic rings. The van der Waals surface area contributed by atoms with Crippen LogP contribution in [0.2, 0.25) is 0 Å². The third-order valence-electron chi connectivity index (χ3n) is 3.77. The molecule has 3 heteroatoms. The Morgan fingerprint density at radius 1 is 1.22 bits per heavy atom. The molecule has 0 amide bonds. The summed E-state index contributed by atoms with van der Waals surface area (Å²) in [5.41, 5.74) is 9.91. The van der Waals surface area contributed by atoms with E-state index in [4.69, 9.17) is 15.2 Å². The first-order valence-electron chi connectivity index (χ1n) is 6.59. The highest BCUT2D eigenvalue weighted by Gasteiger charge is 2.33. The molecule has 1 aromatic carbocycles. The van der Waals surface area contributed by atoms with E-state index in [-0.39, 0.29) is 5.54 Å². The number of hydrogen-bond acceptors (Lipinski definition) is 3. The summed E-state index contributed by atoms with van der Waals surface area (Å²) in [7, 11) is 1.72. The number of nitrogens with two attached hydrogens (primary N) is 1. The van der Waals surface area contributed by atoms with E-state index in [9.17, 15) is 0 Å². The van der Waals surface area contributed by atoms with Gasteiger partial charge < -0.3 is 15.2 Å². The molecule has 1 fully saturated rings. The van der Waals surface area contributed by atoms with Gasteiger partial charge in [-0.1, -0.05) is 6.07 Å². The van der Waals surface area contributed by atoms with Gasteiger partial charge in [-0.2, -0.15) is 0 Å². The van der Waals surface area contributed by atoms with Crippen LogP contribution in [0.1, 0.15) is 36.0 Å². The molecule has 2 N–H and O–H groups in total. The van der Waals surface area contributed by atoms with Crippen molar-refractivity contribution in [2.24, 2.45) is 5.73 Å². The average Bonchev–Trinajstić information content (AvgIpc) is 2.53. The first-order chi connectivity index (χ1) is 8.57. The SMILES string of the molecule is COc1cc(C)cc(C)c1C1(N)CCCOCC1. The number of ether oxygens (including phenoxy) is 2. The van der Waals surface area contributed by atoms with Crippen LogP contribution in [0.3, 0.4) is 0 Å². The van der Waals surface area contributed by atoms with Gasteiger partial charge in [-0.25, -0.2) is 0 Å². The minimum Gasteiger partial charge on any atom is -0.496 e. The first-order valence-corrected chi connectivity index (χ1v) is 6.59.